The Hall–Kier alpha value is -3.85. The molecule has 34 heavy (non-hydrogen) atoms. The van der Waals surface area contributed by atoms with E-state index in [-0.39, 0.29) is 5.56 Å². The van der Waals surface area contributed by atoms with Gasteiger partial charge in [0.2, 0.25) is 23.4 Å². The number of alkyl halides is 1. The van der Waals surface area contributed by atoms with E-state index in [4.69, 9.17) is 9.05 Å². The SMILES string of the molecule is Cc1nc(-c2ccc(CBr)cc2)no1.Cc1nc(-c2ccc(Cn3ccccc3=O)cc2)no1. The molecule has 5 aromatic rings. The van der Waals surface area contributed by atoms with Crippen LogP contribution in [-0.2, 0) is 11.9 Å². The van der Waals surface area contributed by atoms with Crippen LogP contribution in [0.3, 0.4) is 0 Å². The molecule has 0 saturated heterocycles. The van der Waals surface area contributed by atoms with E-state index in [0.29, 0.717) is 30.0 Å². The molecular formula is C25H22BrN5O3. The van der Waals surface area contributed by atoms with Gasteiger partial charge in [-0.3, -0.25) is 4.79 Å². The van der Waals surface area contributed by atoms with Crippen LogP contribution in [0.25, 0.3) is 22.8 Å². The minimum atomic E-state index is -0.00892. The standard InChI is InChI=1S/C15H13N3O2.C10H9BrN2O/c1-11-16-15(17-20-11)13-7-5-12(6-8-13)10-18-9-3-2-4-14(18)19;1-7-12-10(13-14-7)9-4-2-8(6-11)3-5-9/h2-9H,10H2,1H3;2-5H,6H2,1H3. The van der Waals surface area contributed by atoms with Gasteiger partial charge in [-0.2, -0.15) is 9.97 Å². The topological polar surface area (TPSA) is 99.8 Å². The number of hydrogen-bond donors (Lipinski definition) is 0. The van der Waals surface area contributed by atoms with E-state index in [1.807, 2.05) is 54.6 Å². The monoisotopic (exact) mass is 519 g/mol. The molecule has 0 bridgehead atoms. The van der Waals surface area contributed by atoms with Gasteiger partial charge in [0.05, 0.1) is 6.54 Å². The third-order valence-electron chi connectivity index (χ3n) is 4.89. The Kier molecular flexibility index (Phi) is 7.44. The fourth-order valence-corrected chi connectivity index (χ4v) is 3.50. The van der Waals surface area contributed by atoms with Gasteiger partial charge < -0.3 is 13.6 Å². The number of nitrogens with zero attached hydrogens (tertiary/aromatic N) is 5. The number of pyridine rings is 1. The molecule has 0 amide bonds. The first-order chi connectivity index (χ1) is 16.5. The number of benzene rings is 2. The minimum Gasteiger partial charge on any atom is -0.339 e. The number of halogens is 1. The predicted octanol–water partition coefficient (Wildman–Crippen LogP) is 5.19. The van der Waals surface area contributed by atoms with Crippen LogP contribution in [0.2, 0.25) is 0 Å². The molecule has 8 nitrogen and oxygen atoms in total. The van der Waals surface area contributed by atoms with Crippen molar-refractivity contribution in [3.05, 3.63) is 106 Å². The van der Waals surface area contributed by atoms with Gasteiger partial charge in [-0.05, 0) is 17.2 Å². The summed E-state index contributed by atoms with van der Waals surface area (Å²) in [6.45, 7) is 4.08. The predicted molar refractivity (Wildman–Crippen MR) is 131 cm³/mol. The molecule has 0 spiro atoms. The molecule has 2 aromatic carbocycles. The van der Waals surface area contributed by atoms with Crippen molar-refractivity contribution in [3.63, 3.8) is 0 Å². The van der Waals surface area contributed by atoms with E-state index in [2.05, 4.69) is 36.2 Å². The highest BCUT2D eigenvalue weighted by molar-refractivity contribution is 9.08. The van der Waals surface area contributed by atoms with Crippen LogP contribution in [0.5, 0.6) is 0 Å². The Morgan fingerprint density at radius 2 is 1.29 bits per heavy atom. The first-order valence-electron chi connectivity index (χ1n) is 10.5. The van der Waals surface area contributed by atoms with Gasteiger partial charge >= 0.3 is 0 Å². The highest BCUT2D eigenvalue weighted by Gasteiger charge is 2.06. The maximum absolute atomic E-state index is 11.6. The zero-order valence-electron chi connectivity index (χ0n) is 18.7. The van der Waals surface area contributed by atoms with Crippen LogP contribution in [-0.4, -0.2) is 24.8 Å². The third-order valence-corrected chi connectivity index (χ3v) is 5.53. The average Bonchev–Trinajstić information content (AvgIpc) is 3.50. The first-order valence-corrected chi connectivity index (χ1v) is 11.6. The molecule has 0 N–H and O–H groups in total. The van der Waals surface area contributed by atoms with Gasteiger partial charge in [-0.25, -0.2) is 0 Å². The van der Waals surface area contributed by atoms with E-state index in [1.54, 1.807) is 36.7 Å². The number of rotatable bonds is 5. The van der Waals surface area contributed by atoms with Gasteiger partial charge in [0.15, 0.2) is 0 Å². The van der Waals surface area contributed by atoms with Crippen molar-refractivity contribution in [2.75, 3.05) is 0 Å². The lowest BCUT2D eigenvalue weighted by atomic mass is 10.1. The van der Waals surface area contributed by atoms with Crippen LogP contribution in [0.4, 0.5) is 0 Å². The second-order valence-electron chi connectivity index (χ2n) is 7.47. The van der Waals surface area contributed by atoms with Crippen LogP contribution in [0.1, 0.15) is 22.9 Å². The van der Waals surface area contributed by atoms with Crippen molar-refractivity contribution in [2.45, 2.75) is 25.7 Å². The number of hydrogen-bond acceptors (Lipinski definition) is 7. The molecule has 0 aliphatic carbocycles. The van der Waals surface area contributed by atoms with Crippen molar-refractivity contribution in [1.29, 1.82) is 0 Å². The highest BCUT2D eigenvalue weighted by atomic mass is 79.9. The fraction of sp³-hybridized carbons (Fsp3) is 0.160. The van der Waals surface area contributed by atoms with Gasteiger partial charge in [0.1, 0.15) is 0 Å². The zero-order valence-corrected chi connectivity index (χ0v) is 20.3. The molecular weight excluding hydrogens is 498 g/mol. The van der Waals surface area contributed by atoms with E-state index in [0.717, 1.165) is 22.0 Å². The molecule has 0 atom stereocenters. The Bertz CT molecular complexity index is 1410. The van der Waals surface area contributed by atoms with Gasteiger partial charge in [-0.15, -0.1) is 0 Å². The maximum atomic E-state index is 11.6. The summed E-state index contributed by atoms with van der Waals surface area (Å²) < 4.78 is 11.5. The van der Waals surface area contributed by atoms with Crippen LogP contribution in [0.15, 0.2) is 86.8 Å². The van der Waals surface area contributed by atoms with E-state index in [1.165, 1.54) is 5.56 Å². The molecule has 172 valence electrons. The second kappa shape index (κ2) is 10.8. The maximum Gasteiger partial charge on any atom is 0.250 e. The summed E-state index contributed by atoms with van der Waals surface area (Å²) in [5.41, 5.74) is 4.14. The van der Waals surface area contributed by atoms with Gasteiger partial charge in [0.25, 0.3) is 5.56 Å². The lowest BCUT2D eigenvalue weighted by molar-refractivity contribution is 0.394. The third kappa shape index (κ3) is 5.93. The molecule has 0 aliphatic rings. The normalized spacial score (nSPS) is 10.6. The average molecular weight is 520 g/mol. The summed E-state index contributed by atoms with van der Waals surface area (Å²) in [6.07, 6.45) is 1.78. The summed E-state index contributed by atoms with van der Waals surface area (Å²) >= 11 is 3.39. The Labute approximate surface area is 204 Å². The van der Waals surface area contributed by atoms with Gasteiger partial charge in [0, 0.05) is 42.6 Å². The summed E-state index contributed by atoms with van der Waals surface area (Å²) in [4.78, 5) is 20.0. The molecule has 5 rings (SSSR count). The van der Waals surface area contributed by atoms with Crippen LogP contribution < -0.4 is 5.56 Å². The lowest BCUT2D eigenvalue weighted by Crippen LogP contribution is -2.18. The Morgan fingerprint density at radius 1 is 0.765 bits per heavy atom. The van der Waals surface area contributed by atoms with E-state index >= 15 is 0 Å². The molecule has 3 heterocycles. The fourth-order valence-electron chi connectivity index (χ4n) is 3.12. The van der Waals surface area contributed by atoms with Crippen molar-refractivity contribution in [1.82, 2.24) is 24.8 Å². The minimum absolute atomic E-state index is 0.00892. The summed E-state index contributed by atoms with van der Waals surface area (Å²) in [5, 5.41) is 8.58. The quantitative estimate of drug-likeness (QED) is 0.294. The van der Waals surface area contributed by atoms with Crippen molar-refractivity contribution in [3.8, 4) is 22.8 Å². The lowest BCUT2D eigenvalue weighted by Gasteiger charge is -2.05. The van der Waals surface area contributed by atoms with Crippen molar-refractivity contribution >= 4 is 15.9 Å². The molecule has 0 unspecified atom stereocenters. The first kappa shape index (κ1) is 23.3. The second-order valence-corrected chi connectivity index (χ2v) is 8.03. The smallest absolute Gasteiger partial charge is 0.250 e. The highest BCUT2D eigenvalue weighted by Crippen LogP contribution is 2.18. The largest absolute Gasteiger partial charge is 0.339 e. The summed E-state index contributed by atoms with van der Waals surface area (Å²) in [6, 6.07) is 20.9. The van der Waals surface area contributed by atoms with Crippen molar-refractivity contribution < 1.29 is 9.05 Å². The van der Waals surface area contributed by atoms with Crippen molar-refractivity contribution in [2.24, 2.45) is 0 Å². The summed E-state index contributed by atoms with van der Waals surface area (Å²) in [5.74, 6) is 2.35. The molecule has 0 fully saturated rings. The number of aromatic nitrogens is 5. The van der Waals surface area contributed by atoms with Crippen LogP contribution in [0, 0.1) is 13.8 Å². The molecule has 0 aliphatic heterocycles. The molecule has 0 saturated carbocycles. The number of aryl methyl sites for hydroxylation is 2. The van der Waals surface area contributed by atoms with E-state index < -0.39 is 0 Å². The molecule has 9 heteroatoms. The van der Waals surface area contributed by atoms with E-state index in [9.17, 15) is 4.79 Å². The van der Waals surface area contributed by atoms with Crippen LogP contribution >= 0.6 is 15.9 Å². The molecule has 0 radical (unpaired) electrons. The Balaban J connectivity index is 0.000000172. The summed E-state index contributed by atoms with van der Waals surface area (Å²) in [7, 11) is 0. The zero-order chi connectivity index (χ0) is 23.9. The molecule has 3 aromatic heterocycles. The van der Waals surface area contributed by atoms with Gasteiger partial charge in [-0.1, -0.05) is 80.8 Å². The Morgan fingerprint density at radius 3 is 1.74 bits per heavy atom.